The topological polar surface area (TPSA) is 44.1 Å². The number of allylic oxidation sites excluding steroid dienone is 2. The molecule has 0 aromatic carbocycles. The normalized spacial score (nSPS) is 19.8. The predicted molar refractivity (Wildman–Crippen MR) is 63.8 cm³/mol. The molecule has 0 saturated heterocycles. The molecule has 88 valence electrons. The second-order valence-electron chi connectivity index (χ2n) is 4.04. The van der Waals surface area contributed by atoms with Crippen molar-refractivity contribution in [3.05, 3.63) is 11.8 Å². The van der Waals surface area contributed by atoms with Gasteiger partial charge in [-0.3, -0.25) is 4.79 Å². The highest BCUT2D eigenvalue weighted by atomic mass is 35.5. The lowest BCUT2D eigenvalue weighted by Gasteiger charge is -2.30. The highest BCUT2D eigenvalue weighted by molar-refractivity contribution is 6.27. The molecule has 0 aliphatic heterocycles. The van der Waals surface area contributed by atoms with Gasteiger partial charge in [0.25, 0.3) is 0 Å². The van der Waals surface area contributed by atoms with Crippen molar-refractivity contribution >= 4 is 17.5 Å². The van der Waals surface area contributed by atoms with Crippen molar-refractivity contribution in [1.29, 1.82) is 5.26 Å². The van der Waals surface area contributed by atoms with Crippen LogP contribution in [0.1, 0.15) is 32.1 Å². The summed E-state index contributed by atoms with van der Waals surface area (Å²) < 4.78 is 0. The molecule has 1 amide bonds. The summed E-state index contributed by atoms with van der Waals surface area (Å²) in [6, 6.07) is 2.16. The van der Waals surface area contributed by atoms with E-state index in [1.54, 1.807) is 11.9 Å². The first kappa shape index (κ1) is 13.1. The Hall–Kier alpha value is -1.01. The van der Waals surface area contributed by atoms with Gasteiger partial charge in [-0.1, -0.05) is 6.08 Å². The van der Waals surface area contributed by atoms with Crippen LogP contribution in [0.25, 0.3) is 0 Å². The maximum absolute atomic E-state index is 11.5. The van der Waals surface area contributed by atoms with E-state index in [0.29, 0.717) is 12.3 Å². The number of amides is 1. The van der Waals surface area contributed by atoms with Crippen LogP contribution in [0.4, 0.5) is 0 Å². The molecule has 0 N–H and O–H groups in total. The van der Waals surface area contributed by atoms with Gasteiger partial charge in [0.15, 0.2) is 0 Å². The zero-order chi connectivity index (χ0) is 12.0. The second-order valence-corrected chi connectivity index (χ2v) is 4.31. The van der Waals surface area contributed by atoms with E-state index in [4.69, 9.17) is 16.9 Å². The lowest BCUT2D eigenvalue weighted by molar-refractivity contribution is -0.126. The van der Waals surface area contributed by atoms with Crippen molar-refractivity contribution in [3.63, 3.8) is 0 Å². The molecule has 1 aliphatic carbocycles. The van der Waals surface area contributed by atoms with Gasteiger partial charge in [-0.15, -0.1) is 11.6 Å². The van der Waals surface area contributed by atoms with E-state index in [0.717, 1.165) is 31.4 Å². The Morgan fingerprint density at radius 2 is 2.50 bits per heavy atom. The fraction of sp³-hybridized carbons (Fsp3) is 0.667. The van der Waals surface area contributed by atoms with E-state index in [9.17, 15) is 4.79 Å². The number of nitriles is 1. The number of nitrogens with zero attached hydrogens (tertiary/aromatic N) is 2. The summed E-state index contributed by atoms with van der Waals surface area (Å²) in [7, 11) is 1.77. The van der Waals surface area contributed by atoms with Crippen LogP contribution in [0.5, 0.6) is 0 Å². The fourth-order valence-electron chi connectivity index (χ4n) is 2.10. The highest BCUT2D eigenvalue weighted by Crippen LogP contribution is 2.30. The Morgan fingerprint density at radius 3 is 3.12 bits per heavy atom. The average Bonchev–Trinajstić information content (AvgIpc) is 2.34. The summed E-state index contributed by atoms with van der Waals surface area (Å²) >= 11 is 5.55. The number of alkyl halides is 1. The van der Waals surface area contributed by atoms with E-state index in [1.807, 2.05) is 0 Å². The maximum atomic E-state index is 11.5. The Balaban J connectivity index is 2.70. The third kappa shape index (κ3) is 3.24. The summed E-state index contributed by atoms with van der Waals surface area (Å²) in [5.74, 6) is 0.279. The summed E-state index contributed by atoms with van der Waals surface area (Å²) in [5, 5.41) is 8.61. The van der Waals surface area contributed by atoms with Gasteiger partial charge in [0.2, 0.25) is 5.91 Å². The first-order valence-electron chi connectivity index (χ1n) is 5.60. The average molecular weight is 241 g/mol. The summed E-state index contributed by atoms with van der Waals surface area (Å²) in [6.07, 6.45) is 6.71. The van der Waals surface area contributed by atoms with Crippen LogP contribution in [0.2, 0.25) is 0 Å². The maximum Gasteiger partial charge on any atom is 0.241 e. The van der Waals surface area contributed by atoms with Gasteiger partial charge >= 0.3 is 0 Å². The minimum atomic E-state index is -0.0724. The van der Waals surface area contributed by atoms with Crippen LogP contribution in [-0.2, 0) is 4.79 Å². The van der Waals surface area contributed by atoms with E-state index in [2.05, 4.69) is 12.1 Å². The molecule has 3 nitrogen and oxygen atoms in total. The van der Waals surface area contributed by atoms with Gasteiger partial charge in [-0.2, -0.15) is 5.26 Å². The Kier molecular flexibility index (Phi) is 5.34. The van der Waals surface area contributed by atoms with Crippen LogP contribution in [-0.4, -0.2) is 23.7 Å². The molecule has 1 atom stereocenters. The molecular weight excluding hydrogens is 224 g/mol. The Labute approximate surface area is 102 Å². The van der Waals surface area contributed by atoms with Crippen molar-refractivity contribution < 1.29 is 4.79 Å². The monoisotopic (exact) mass is 240 g/mol. The summed E-state index contributed by atoms with van der Waals surface area (Å²) in [6.45, 7) is 0. The molecule has 16 heavy (non-hydrogen) atoms. The molecule has 0 radical (unpaired) electrons. The molecule has 0 heterocycles. The van der Waals surface area contributed by atoms with E-state index >= 15 is 0 Å². The standard InChI is InChI=1S/C12H17ClN2O/c1-15(12(16)9-13)11-7-3-2-5-10(11)6-4-8-14/h7,10H,2-6,9H2,1H3. The smallest absolute Gasteiger partial charge is 0.241 e. The summed E-state index contributed by atoms with van der Waals surface area (Å²) in [4.78, 5) is 13.2. The van der Waals surface area contributed by atoms with E-state index < -0.39 is 0 Å². The zero-order valence-corrected chi connectivity index (χ0v) is 10.3. The fourth-order valence-corrected chi connectivity index (χ4v) is 2.28. The summed E-state index contributed by atoms with van der Waals surface area (Å²) in [5.41, 5.74) is 1.05. The van der Waals surface area contributed by atoms with Crippen LogP contribution < -0.4 is 0 Å². The molecule has 1 rings (SSSR count). The number of halogens is 1. The second kappa shape index (κ2) is 6.55. The molecule has 0 spiro atoms. The minimum Gasteiger partial charge on any atom is -0.318 e. The molecule has 0 bridgehead atoms. The Bertz CT molecular complexity index is 319. The third-order valence-corrected chi connectivity index (χ3v) is 3.24. The van der Waals surface area contributed by atoms with E-state index in [-0.39, 0.29) is 11.8 Å². The van der Waals surface area contributed by atoms with Crippen molar-refractivity contribution in [2.24, 2.45) is 5.92 Å². The van der Waals surface area contributed by atoms with Crippen LogP contribution >= 0.6 is 11.6 Å². The molecular formula is C12H17ClN2O. The molecule has 0 aromatic rings. The number of carbonyl (C=O) groups is 1. The lowest BCUT2D eigenvalue weighted by Crippen LogP contribution is -2.31. The van der Waals surface area contributed by atoms with Crippen molar-refractivity contribution in [2.75, 3.05) is 12.9 Å². The molecule has 0 fully saturated rings. The van der Waals surface area contributed by atoms with Crippen LogP contribution in [0.3, 0.4) is 0 Å². The van der Waals surface area contributed by atoms with Gasteiger partial charge in [0.05, 0.1) is 6.07 Å². The molecule has 4 heteroatoms. The van der Waals surface area contributed by atoms with Crippen molar-refractivity contribution in [3.8, 4) is 6.07 Å². The number of rotatable bonds is 4. The van der Waals surface area contributed by atoms with Crippen molar-refractivity contribution in [2.45, 2.75) is 32.1 Å². The Morgan fingerprint density at radius 1 is 1.75 bits per heavy atom. The number of carbonyl (C=O) groups excluding carboxylic acids is 1. The van der Waals surface area contributed by atoms with E-state index in [1.165, 1.54) is 0 Å². The SMILES string of the molecule is CN(C(=O)CCl)C1=CCCCC1CCC#N. The van der Waals surface area contributed by atoms with Gasteiger partial charge in [0.1, 0.15) is 5.88 Å². The van der Waals surface area contributed by atoms with Crippen LogP contribution in [0, 0.1) is 17.2 Å². The van der Waals surface area contributed by atoms with Crippen LogP contribution in [0.15, 0.2) is 11.8 Å². The minimum absolute atomic E-state index is 0.0127. The largest absolute Gasteiger partial charge is 0.318 e. The molecule has 1 unspecified atom stereocenters. The lowest BCUT2D eigenvalue weighted by atomic mass is 9.88. The zero-order valence-electron chi connectivity index (χ0n) is 9.58. The van der Waals surface area contributed by atoms with Gasteiger partial charge in [-0.05, 0) is 31.6 Å². The van der Waals surface area contributed by atoms with Gasteiger partial charge in [0, 0.05) is 19.2 Å². The van der Waals surface area contributed by atoms with Crippen molar-refractivity contribution in [1.82, 2.24) is 4.90 Å². The van der Waals surface area contributed by atoms with Gasteiger partial charge in [-0.25, -0.2) is 0 Å². The molecule has 0 aromatic heterocycles. The first-order valence-corrected chi connectivity index (χ1v) is 6.13. The van der Waals surface area contributed by atoms with Gasteiger partial charge < -0.3 is 4.90 Å². The predicted octanol–water partition coefficient (Wildman–Crippen LogP) is 2.67. The quantitative estimate of drug-likeness (QED) is 0.709. The molecule has 0 saturated carbocycles. The number of hydrogen-bond acceptors (Lipinski definition) is 2. The highest BCUT2D eigenvalue weighted by Gasteiger charge is 2.23. The molecule has 1 aliphatic rings. The first-order chi connectivity index (χ1) is 7.70. The third-order valence-electron chi connectivity index (χ3n) is 3.01. The number of hydrogen-bond donors (Lipinski definition) is 0.